The van der Waals surface area contributed by atoms with E-state index < -0.39 is 0 Å². The van der Waals surface area contributed by atoms with E-state index >= 15 is 0 Å². The summed E-state index contributed by atoms with van der Waals surface area (Å²) in [6, 6.07) is 10.1. The third kappa shape index (κ3) is 4.44. The minimum atomic E-state index is -0.367. The van der Waals surface area contributed by atoms with Gasteiger partial charge < -0.3 is 10.6 Å². The Bertz CT molecular complexity index is 694. The zero-order valence-corrected chi connectivity index (χ0v) is 15.7. The van der Waals surface area contributed by atoms with Gasteiger partial charge >= 0.3 is 0 Å². The fraction of sp³-hybridized carbons (Fsp3) is 0.474. The third-order valence-electron chi connectivity index (χ3n) is 4.79. The zero-order valence-electron chi connectivity index (χ0n) is 14.9. The predicted molar refractivity (Wildman–Crippen MR) is 102 cm³/mol. The Kier molecular flexibility index (Phi) is 5.81. The van der Waals surface area contributed by atoms with Crippen molar-refractivity contribution in [2.45, 2.75) is 41.4 Å². The number of hydrogen-bond acceptors (Lipinski definition) is 4. The highest BCUT2D eigenvalue weighted by Crippen LogP contribution is 2.44. The second-order valence-electron chi connectivity index (χ2n) is 6.69. The highest BCUT2D eigenvalue weighted by molar-refractivity contribution is 8.00. The highest BCUT2D eigenvalue weighted by atomic mass is 32.2. The van der Waals surface area contributed by atoms with Crippen LogP contribution in [0.25, 0.3) is 0 Å². The number of amides is 1. The van der Waals surface area contributed by atoms with Gasteiger partial charge in [0.05, 0.1) is 6.20 Å². The molecule has 1 atom stereocenters. The number of aryl methyl sites for hydroxylation is 1. The minimum absolute atomic E-state index is 0.00966. The molecule has 1 aliphatic carbocycles. The Morgan fingerprint density at radius 1 is 1.32 bits per heavy atom. The molecule has 1 aliphatic rings. The molecule has 0 bridgehead atoms. The molecule has 1 aromatic heterocycles. The van der Waals surface area contributed by atoms with Crippen molar-refractivity contribution in [3.8, 4) is 0 Å². The second-order valence-corrected chi connectivity index (χ2v) is 8.23. The van der Waals surface area contributed by atoms with E-state index in [-0.39, 0.29) is 16.7 Å². The number of benzene rings is 1. The summed E-state index contributed by atoms with van der Waals surface area (Å²) in [7, 11) is 3.67. The molecule has 1 fully saturated rings. The van der Waals surface area contributed by atoms with Crippen molar-refractivity contribution in [1.29, 1.82) is 0 Å². The predicted octanol–water partition coefficient (Wildman–Crippen LogP) is 2.90. The number of carbonyl (C=O) groups excluding carboxylic acids is 1. The standard InChI is InChI=1S/C19H26N4OS/c1-20-17(15-12-22-23(2)13-15)18(24)21-14-19(10-6-7-11-19)25-16-8-4-3-5-9-16/h3-5,8-9,12-13,17,20H,6-7,10-11,14H2,1-2H3,(H,21,24). The van der Waals surface area contributed by atoms with Gasteiger partial charge in [0.25, 0.3) is 0 Å². The summed E-state index contributed by atoms with van der Waals surface area (Å²) in [4.78, 5) is 14.0. The lowest BCUT2D eigenvalue weighted by atomic mass is 10.1. The summed E-state index contributed by atoms with van der Waals surface area (Å²) in [5.74, 6) is 0.00966. The van der Waals surface area contributed by atoms with Crippen LogP contribution in [-0.4, -0.2) is 34.0 Å². The van der Waals surface area contributed by atoms with Crippen LogP contribution in [0.5, 0.6) is 0 Å². The molecule has 1 heterocycles. The average Bonchev–Trinajstić information content (AvgIpc) is 3.25. The van der Waals surface area contributed by atoms with E-state index in [0.717, 1.165) is 18.4 Å². The number of hydrogen-bond donors (Lipinski definition) is 2. The maximum Gasteiger partial charge on any atom is 0.241 e. The first-order chi connectivity index (χ1) is 12.1. The number of nitrogens with zero attached hydrogens (tertiary/aromatic N) is 2. The first kappa shape index (κ1) is 18.0. The number of thioether (sulfide) groups is 1. The lowest BCUT2D eigenvalue weighted by Crippen LogP contribution is -2.43. The summed E-state index contributed by atoms with van der Waals surface area (Å²) in [6.07, 6.45) is 8.37. The van der Waals surface area contributed by atoms with E-state index in [4.69, 9.17) is 0 Å². The first-order valence-electron chi connectivity index (χ1n) is 8.79. The molecule has 1 saturated carbocycles. The third-order valence-corrected chi connectivity index (χ3v) is 6.28. The van der Waals surface area contributed by atoms with Crippen molar-refractivity contribution in [3.63, 3.8) is 0 Å². The molecule has 25 heavy (non-hydrogen) atoms. The Balaban J connectivity index is 1.65. The molecule has 0 saturated heterocycles. The van der Waals surface area contributed by atoms with E-state index in [0.29, 0.717) is 6.54 Å². The van der Waals surface area contributed by atoms with Gasteiger partial charge in [-0.05, 0) is 32.0 Å². The Hall–Kier alpha value is -1.79. The Labute approximate surface area is 153 Å². The number of aromatic nitrogens is 2. The molecule has 1 unspecified atom stereocenters. The number of nitrogens with one attached hydrogen (secondary N) is 2. The van der Waals surface area contributed by atoms with Crippen LogP contribution in [0, 0.1) is 0 Å². The topological polar surface area (TPSA) is 59.0 Å². The molecule has 1 aromatic carbocycles. The summed E-state index contributed by atoms with van der Waals surface area (Å²) in [6.45, 7) is 0.698. The van der Waals surface area contributed by atoms with Gasteiger partial charge in [0, 0.05) is 35.0 Å². The number of rotatable bonds is 7. The van der Waals surface area contributed by atoms with Crippen LogP contribution >= 0.6 is 11.8 Å². The van der Waals surface area contributed by atoms with E-state index in [1.165, 1.54) is 17.7 Å². The summed E-state index contributed by atoms with van der Waals surface area (Å²) >= 11 is 1.91. The van der Waals surface area contributed by atoms with Crippen molar-refractivity contribution >= 4 is 17.7 Å². The minimum Gasteiger partial charge on any atom is -0.353 e. The monoisotopic (exact) mass is 358 g/mol. The van der Waals surface area contributed by atoms with Crippen molar-refractivity contribution in [3.05, 3.63) is 48.3 Å². The largest absolute Gasteiger partial charge is 0.353 e. The van der Waals surface area contributed by atoms with Gasteiger partial charge in [0.15, 0.2) is 0 Å². The van der Waals surface area contributed by atoms with Gasteiger partial charge in [-0.2, -0.15) is 5.10 Å². The molecule has 1 amide bonds. The van der Waals surface area contributed by atoms with E-state index in [9.17, 15) is 4.79 Å². The van der Waals surface area contributed by atoms with Crippen LogP contribution in [-0.2, 0) is 11.8 Å². The van der Waals surface area contributed by atoms with Crippen LogP contribution in [0.2, 0.25) is 0 Å². The summed E-state index contributed by atoms with van der Waals surface area (Å²) < 4.78 is 1.82. The van der Waals surface area contributed by atoms with Gasteiger partial charge in [-0.15, -0.1) is 11.8 Å². The number of likely N-dealkylation sites (N-methyl/N-ethyl adjacent to an activating group) is 1. The van der Waals surface area contributed by atoms with Crippen LogP contribution in [0.1, 0.15) is 37.3 Å². The molecule has 6 heteroatoms. The second kappa shape index (κ2) is 8.06. The van der Waals surface area contributed by atoms with Crippen LogP contribution < -0.4 is 10.6 Å². The van der Waals surface area contributed by atoms with Gasteiger partial charge in [-0.3, -0.25) is 9.48 Å². The normalized spacial score (nSPS) is 17.4. The lowest BCUT2D eigenvalue weighted by Gasteiger charge is -2.29. The Morgan fingerprint density at radius 2 is 2.04 bits per heavy atom. The van der Waals surface area contributed by atoms with E-state index in [2.05, 4.69) is 40.0 Å². The van der Waals surface area contributed by atoms with Crippen molar-refractivity contribution in [2.75, 3.05) is 13.6 Å². The molecule has 0 radical (unpaired) electrons. The fourth-order valence-corrected chi connectivity index (χ4v) is 4.89. The van der Waals surface area contributed by atoms with Crippen LogP contribution in [0.15, 0.2) is 47.6 Å². The smallest absolute Gasteiger partial charge is 0.241 e. The van der Waals surface area contributed by atoms with E-state index in [1.807, 2.05) is 31.1 Å². The SMILES string of the molecule is CNC(C(=O)NCC1(Sc2ccccc2)CCCC1)c1cnn(C)c1. The average molecular weight is 359 g/mol. The molecule has 134 valence electrons. The van der Waals surface area contributed by atoms with Crippen LogP contribution in [0.3, 0.4) is 0 Å². The summed E-state index contributed by atoms with van der Waals surface area (Å²) in [5.41, 5.74) is 0.888. The van der Waals surface area contributed by atoms with Gasteiger partial charge in [0.1, 0.15) is 6.04 Å². The van der Waals surface area contributed by atoms with Crippen LogP contribution in [0.4, 0.5) is 0 Å². The van der Waals surface area contributed by atoms with Crippen molar-refractivity contribution < 1.29 is 4.79 Å². The Morgan fingerprint density at radius 3 is 2.64 bits per heavy atom. The zero-order chi connectivity index (χ0) is 17.7. The molecule has 0 aliphatic heterocycles. The molecular weight excluding hydrogens is 332 g/mol. The fourth-order valence-electron chi connectivity index (χ4n) is 3.46. The van der Waals surface area contributed by atoms with Gasteiger partial charge in [-0.25, -0.2) is 0 Å². The number of carbonyl (C=O) groups is 1. The molecule has 3 rings (SSSR count). The maximum atomic E-state index is 12.7. The molecule has 2 aromatic rings. The first-order valence-corrected chi connectivity index (χ1v) is 9.61. The highest BCUT2D eigenvalue weighted by Gasteiger charge is 2.36. The lowest BCUT2D eigenvalue weighted by molar-refractivity contribution is -0.123. The quantitative estimate of drug-likeness (QED) is 0.799. The summed E-state index contributed by atoms with van der Waals surface area (Å²) in [5, 5.41) is 10.4. The van der Waals surface area contributed by atoms with E-state index in [1.54, 1.807) is 17.9 Å². The van der Waals surface area contributed by atoms with Gasteiger partial charge in [0.2, 0.25) is 5.91 Å². The van der Waals surface area contributed by atoms with Crippen molar-refractivity contribution in [1.82, 2.24) is 20.4 Å². The molecular formula is C19H26N4OS. The molecule has 2 N–H and O–H groups in total. The molecule has 0 spiro atoms. The maximum absolute atomic E-state index is 12.7. The van der Waals surface area contributed by atoms with Gasteiger partial charge in [-0.1, -0.05) is 31.0 Å². The molecule has 5 nitrogen and oxygen atoms in total. The van der Waals surface area contributed by atoms with Crippen molar-refractivity contribution in [2.24, 2.45) is 7.05 Å².